The summed E-state index contributed by atoms with van der Waals surface area (Å²) in [5.41, 5.74) is 0. The number of ether oxygens (including phenoxy) is 12. The third-order valence-corrected chi connectivity index (χ3v) is 6.98. The molecule has 1 saturated heterocycles. The summed E-state index contributed by atoms with van der Waals surface area (Å²) in [6, 6.07) is 0. The molecule has 0 N–H and O–H groups in total. The highest BCUT2D eigenvalue weighted by Crippen LogP contribution is 2.36. The fourth-order valence-electron chi connectivity index (χ4n) is 5.53. The molecule has 0 saturated carbocycles. The average Bonchev–Trinajstić information content (AvgIpc) is 3.02. The summed E-state index contributed by atoms with van der Waals surface area (Å²) in [4.78, 5) is 137. The summed E-state index contributed by atoms with van der Waals surface area (Å²) < 4.78 is 65.0. The quantitative estimate of drug-likeness (QED) is 0.121. The van der Waals surface area contributed by atoms with Gasteiger partial charge in [0.05, 0.1) is 0 Å². The molecule has 11 atom stereocenters. The molecular formula is C34H46O23. The Balaban J connectivity index is 4.45. The maximum absolute atomic E-state index is 12.9. The molecule has 0 amide bonds. The van der Waals surface area contributed by atoms with Crippen LogP contribution >= 0.6 is 0 Å². The minimum Gasteiger partial charge on any atom is -0.462 e. The number of rotatable bonds is 18. The normalized spacial score (nSPS) is 21.8. The van der Waals surface area contributed by atoms with Crippen LogP contribution < -0.4 is 0 Å². The van der Waals surface area contributed by atoms with Crippen LogP contribution in [0.3, 0.4) is 0 Å². The summed E-state index contributed by atoms with van der Waals surface area (Å²) in [7, 11) is 0. The van der Waals surface area contributed by atoms with Crippen molar-refractivity contribution in [2.24, 2.45) is 0 Å². The SMILES string of the molecule is CC(=O)OC[C@@H](OC(C)=O)[C@@H](OC(C)=O)[C@H](OC(C)=O)[C@@H](OC(C)=O)[C@@H](OC(C)=O)[C@@H](OC(C)=O)[C@H]1O[C@@H](OC(C)=O)[C@@H](OC(C)=O)[C@@H](OC(C)=O)[C@@H]1OC(C)=O. The van der Waals surface area contributed by atoms with Gasteiger partial charge in [0.1, 0.15) is 12.7 Å². The van der Waals surface area contributed by atoms with Gasteiger partial charge in [-0.3, -0.25) is 52.7 Å². The summed E-state index contributed by atoms with van der Waals surface area (Å²) in [5, 5.41) is 0. The second kappa shape index (κ2) is 22.6. The van der Waals surface area contributed by atoms with Crippen molar-refractivity contribution < 1.29 is 110 Å². The zero-order chi connectivity index (χ0) is 43.9. The smallest absolute Gasteiger partial charge is 0.305 e. The summed E-state index contributed by atoms with van der Waals surface area (Å²) in [6.45, 7) is 8.78. The maximum atomic E-state index is 12.9. The Bertz CT molecular complexity index is 1540. The van der Waals surface area contributed by atoms with E-state index in [9.17, 15) is 52.7 Å². The molecule has 1 fully saturated rings. The van der Waals surface area contributed by atoms with E-state index in [2.05, 4.69) is 0 Å². The highest BCUT2D eigenvalue weighted by molar-refractivity contribution is 5.71. The van der Waals surface area contributed by atoms with E-state index in [0.29, 0.717) is 0 Å². The van der Waals surface area contributed by atoms with Crippen molar-refractivity contribution in [1.29, 1.82) is 0 Å². The second-order valence-corrected chi connectivity index (χ2v) is 12.1. The van der Waals surface area contributed by atoms with Gasteiger partial charge in [-0.2, -0.15) is 0 Å². The predicted molar refractivity (Wildman–Crippen MR) is 177 cm³/mol. The molecule has 23 heteroatoms. The predicted octanol–water partition coefficient (Wildman–Crippen LogP) is -0.777. The van der Waals surface area contributed by atoms with Crippen LogP contribution in [0.5, 0.6) is 0 Å². The van der Waals surface area contributed by atoms with Crippen LogP contribution in [0.25, 0.3) is 0 Å². The third-order valence-electron chi connectivity index (χ3n) is 6.98. The highest BCUT2D eigenvalue weighted by Gasteiger charge is 2.60. The van der Waals surface area contributed by atoms with E-state index in [4.69, 9.17) is 56.8 Å². The Morgan fingerprint density at radius 1 is 0.386 bits per heavy atom. The maximum Gasteiger partial charge on any atom is 0.305 e. The van der Waals surface area contributed by atoms with Crippen molar-refractivity contribution in [3.63, 3.8) is 0 Å². The number of hydrogen-bond acceptors (Lipinski definition) is 23. The lowest BCUT2D eigenvalue weighted by Gasteiger charge is -2.47. The fraction of sp³-hybridized carbons (Fsp3) is 0.676. The standard InChI is InChI=1S/C34H46O23/c1-13(35)46-12-24(47-14(2)36)25(48-15(3)37)26(49-16(4)38)27(50-17(5)39)28(51-18(6)40)29(52-19(7)41)31-30(53-20(8)42)32(54-21(9)43)33(55-22(10)44)34(57-31)56-23(11)45/h24-34H,12H2,1-11H3/t24-,25-,26+,27-,28-,29-,30-,31-,32+,33+,34-/m1/s1. The molecule has 23 nitrogen and oxygen atoms in total. The molecule has 0 aliphatic carbocycles. The molecule has 57 heavy (non-hydrogen) atoms. The lowest BCUT2D eigenvalue weighted by molar-refractivity contribution is -0.316. The molecule has 1 aliphatic rings. The monoisotopic (exact) mass is 822 g/mol. The molecular weight excluding hydrogens is 776 g/mol. The summed E-state index contributed by atoms with van der Waals surface area (Å²) in [5.74, 6) is -12.3. The Morgan fingerprint density at radius 3 is 1.16 bits per heavy atom. The Kier molecular flexibility index (Phi) is 19.5. The number of esters is 11. The Labute approximate surface area is 325 Å². The first-order valence-corrected chi connectivity index (χ1v) is 16.8. The van der Waals surface area contributed by atoms with Crippen molar-refractivity contribution in [3.8, 4) is 0 Å². The van der Waals surface area contributed by atoms with Gasteiger partial charge in [0.25, 0.3) is 0 Å². The van der Waals surface area contributed by atoms with Crippen molar-refractivity contribution in [2.75, 3.05) is 6.61 Å². The molecule has 1 rings (SSSR count). The fourth-order valence-corrected chi connectivity index (χ4v) is 5.53. The van der Waals surface area contributed by atoms with E-state index < -0.39 is 140 Å². The van der Waals surface area contributed by atoms with E-state index in [1.54, 1.807) is 0 Å². The summed E-state index contributed by atoms with van der Waals surface area (Å²) >= 11 is 0. The van der Waals surface area contributed by atoms with Crippen molar-refractivity contribution >= 4 is 65.7 Å². The van der Waals surface area contributed by atoms with Gasteiger partial charge in [-0.15, -0.1) is 0 Å². The molecule has 0 radical (unpaired) electrons. The van der Waals surface area contributed by atoms with Gasteiger partial charge in [-0.1, -0.05) is 0 Å². The van der Waals surface area contributed by atoms with E-state index >= 15 is 0 Å². The molecule has 1 heterocycles. The van der Waals surface area contributed by atoms with Gasteiger partial charge < -0.3 is 56.8 Å². The lowest BCUT2D eigenvalue weighted by atomic mass is 9.87. The molecule has 1 aliphatic heterocycles. The number of hydrogen-bond donors (Lipinski definition) is 0. The molecule has 0 unspecified atom stereocenters. The first kappa shape index (κ1) is 49.1. The van der Waals surface area contributed by atoms with Gasteiger partial charge in [-0.25, -0.2) is 0 Å². The van der Waals surface area contributed by atoms with E-state index in [1.165, 1.54) is 0 Å². The second-order valence-electron chi connectivity index (χ2n) is 12.1. The van der Waals surface area contributed by atoms with Gasteiger partial charge >= 0.3 is 65.7 Å². The third kappa shape index (κ3) is 16.8. The van der Waals surface area contributed by atoms with Crippen LogP contribution in [0.1, 0.15) is 76.2 Å². The van der Waals surface area contributed by atoms with E-state index in [1.807, 2.05) is 0 Å². The molecule has 0 aromatic heterocycles. The lowest BCUT2D eigenvalue weighted by Crippen LogP contribution is -2.68. The van der Waals surface area contributed by atoms with Crippen LogP contribution in [-0.4, -0.2) is 140 Å². The minimum absolute atomic E-state index is 0.820. The Morgan fingerprint density at radius 2 is 0.754 bits per heavy atom. The van der Waals surface area contributed by atoms with Gasteiger partial charge in [0, 0.05) is 76.2 Å². The number of carbonyl (C=O) groups is 11. The van der Waals surface area contributed by atoms with Crippen LogP contribution in [-0.2, 0) is 110 Å². The number of carbonyl (C=O) groups excluding carboxylic acids is 11. The van der Waals surface area contributed by atoms with Crippen LogP contribution in [0, 0.1) is 0 Å². The van der Waals surface area contributed by atoms with E-state index in [0.717, 1.165) is 76.2 Å². The first-order chi connectivity index (χ1) is 26.3. The highest BCUT2D eigenvalue weighted by atomic mass is 16.8. The molecule has 0 spiro atoms. The zero-order valence-corrected chi connectivity index (χ0v) is 32.9. The van der Waals surface area contributed by atoms with Gasteiger partial charge in [0.15, 0.2) is 48.8 Å². The molecule has 0 bridgehead atoms. The van der Waals surface area contributed by atoms with Crippen molar-refractivity contribution in [2.45, 2.75) is 143 Å². The molecule has 0 aromatic carbocycles. The topological polar surface area (TPSA) is 299 Å². The van der Waals surface area contributed by atoms with Crippen LogP contribution in [0.4, 0.5) is 0 Å². The largest absolute Gasteiger partial charge is 0.462 e. The van der Waals surface area contributed by atoms with Gasteiger partial charge in [0.2, 0.25) is 12.4 Å². The van der Waals surface area contributed by atoms with E-state index in [-0.39, 0.29) is 0 Å². The first-order valence-electron chi connectivity index (χ1n) is 16.8. The van der Waals surface area contributed by atoms with Crippen LogP contribution in [0.2, 0.25) is 0 Å². The van der Waals surface area contributed by atoms with Gasteiger partial charge in [-0.05, 0) is 0 Å². The Hall–Kier alpha value is -5.87. The average molecular weight is 823 g/mol. The van der Waals surface area contributed by atoms with Crippen molar-refractivity contribution in [3.05, 3.63) is 0 Å². The van der Waals surface area contributed by atoms with Crippen LogP contribution in [0.15, 0.2) is 0 Å². The molecule has 0 aromatic rings. The van der Waals surface area contributed by atoms with Crippen molar-refractivity contribution in [1.82, 2.24) is 0 Å². The molecule has 320 valence electrons. The minimum atomic E-state index is -2.34. The zero-order valence-electron chi connectivity index (χ0n) is 32.9. The summed E-state index contributed by atoms with van der Waals surface area (Å²) in [6.07, 6.45) is -23.3.